The van der Waals surface area contributed by atoms with Crippen LogP contribution in [0.4, 0.5) is 0 Å². The number of nitrogens with zero attached hydrogens (tertiary/aromatic N) is 2. The molecule has 2 atom stereocenters. The van der Waals surface area contributed by atoms with Crippen LogP contribution in [0.25, 0.3) is 10.9 Å². The molecule has 1 aromatic heterocycles. The van der Waals surface area contributed by atoms with E-state index in [4.69, 9.17) is 0 Å². The molecule has 2 aliphatic rings. The van der Waals surface area contributed by atoms with Crippen LogP contribution in [0.1, 0.15) is 25.7 Å². The fourth-order valence-corrected chi connectivity index (χ4v) is 6.97. The minimum atomic E-state index is -3.36. The van der Waals surface area contributed by atoms with Crippen molar-refractivity contribution >= 4 is 26.6 Å². The zero-order valence-corrected chi connectivity index (χ0v) is 17.0. The highest BCUT2D eigenvalue weighted by Gasteiger charge is 2.47. The summed E-state index contributed by atoms with van der Waals surface area (Å²) in [6.07, 6.45) is 4.81. The number of fused-ring (bicyclic) bond motifs is 3. The van der Waals surface area contributed by atoms with Gasteiger partial charge in [-0.1, -0.05) is 36.4 Å². The molecule has 2 fully saturated rings. The molecule has 3 heterocycles. The maximum atomic E-state index is 13.2. The summed E-state index contributed by atoms with van der Waals surface area (Å²) < 4.78 is 28.1. The molecule has 0 N–H and O–H groups in total. The van der Waals surface area contributed by atoms with Gasteiger partial charge in [-0.15, -0.1) is 0 Å². The van der Waals surface area contributed by atoms with Crippen LogP contribution in [0.2, 0.25) is 0 Å². The van der Waals surface area contributed by atoms with Gasteiger partial charge in [0.25, 0.3) is 0 Å². The number of carbonyl (C=O) groups excluding carboxylic acids is 1. The lowest BCUT2D eigenvalue weighted by molar-refractivity contribution is -0.136. The van der Waals surface area contributed by atoms with Crippen LogP contribution in [-0.4, -0.2) is 41.1 Å². The molecule has 2 aliphatic heterocycles. The van der Waals surface area contributed by atoms with E-state index < -0.39 is 15.1 Å². The van der Waals surface area contributed by atoms with Gasteiger partial charge in [0.15, 0.2) is 9.84 Å². The Morgan fingerprint density at radius 3 is 2.28 bits per heavy atom. The molecule has 150 valence electrons. The highest BCUT2D eigenvalue weighted by Crippen LogP contribution is 2.40. The summed E-state index contributed by atoms with van der Waals surface area (Å²) in [5.74, 6) is 0.0920. The molecule has 6 heteroatoms. The Morgan fingerprint density at radius 2 is 1.55 bits per heavy atom. The zero-order chi connectivity index (χ0) is 20.0. The first-order valence-corrected chi connectivity index (χ1v) is 11.7. The van der Waals surface area contributed by atoms with Gasteiger partial charge < -0.3 is 9.47 Å². The number of hydrogen-bond donors (Lipinski definition) is 0. The quantitative estimate of drug-likeness (QED) is 0.662. The van der Waals surface area contributed by atoms with E-state index >= 15 is 0 Å². The summed E-state index contributed by atoms with van der Waals surface area (Å²) in [4.78, 5) is 15.5. The van der Waals surface area contributed by atoms with Crippen molar-refractivity contribution < 1.29 is 13.2 Å². The second-order valence-electron chi connectivity index (χ2n) is 8.14. The molecule has 1 amide bonds. The molecule has 0 unspecified atom stereocenters. The molecule has 29 heavy (non-hydrogen) atoms. The number of aromatic nitrogens is 1. The molecule has 0 spiro atoms. The second-order valence-corrected chi connectivity index (χ2v) is 10.4. The van der Waals surface area contributed by atoms with Crippen molar-refractivity contribution in [3.8, 4) is 0 Å². The molecule has 2 aromatic carbocycles. The number of rotatable bonds is 4. The van der Waals surface area contributed by atoms with Crippen LogP contribution in [0.3, 0.4) is 0 Å². The lowest BCUT2D eigenvalue weighted by Crippen LogP contribution is -2.50. The number of sulfone groups is 1. The first-order valence-electron chi connectivity index (χ1n) is 10.2. The van der Waals surface area contributed by atoms with Crippen molar-refractivity contribution in [2.45, 2.75) is 54.5 Å². The molecule has 5 rings (SSSR count). The van der Waals surface area contributed by atoms with E-state index in [2.05, 4.69) is 0 Å². The Hall–Kier alpha value is -2.60. The van der Waals surface area contributed by atoms with Gasteiger partial charge in [0.05, 0.1) is 10.1 Å². The van der Waals surface area contributed by atoms with Crippen molar-refractivity contribution in [3.05, 3.63) is 66.9 Å². The highest BCUT2D eigenvalue weighted by molar-refractivity contribution is 7.92. The van der Waals surface area contributed by atoms with Crippen molar-refractivity contribution in [1.82, 2.24) is 9.47 Å². The molecule has 2 bridgehead atoms. The summed E-state index contributed by atoms with van der Waals surface area (Å²) >= 11 is 0. The zero-order valence-electron chi connectivity index (χ0n) is 16.1. The van der Waals surface area contributed by atoms with E-state index in [9.17, 15) is 13.2 Å². The van der Waals surface area contributed by atoms with Crippen molar-refractivity contribution in [2.24, 2.45) is 0 Å². The third-order valence-corrected chi connectivity index (χ3v) is 8.67. The standard InChI is InChI=1S/C23H24N2O3S/c26-23(16-24-13-12-17-6-4-5-9-22(17)24)25-18-10-11-19(25)15-21(14-18)29(27,28)20-7-2-1-3-8-20/h1-9,12-13,18-19,21H,10-11,14-16H2/t18-,19-/m0/s1. The fourth-order valence-electron chi connectivity index (χ4n) is 5.10. The van der Waals surface area contributed by atoms with Gasteiger partial charge in [-0.05, 0) is 55.3 Å². The monoisotopic (exact) mass is 408 g/mol. The molecule has 5 nitrogen and oxygen atoms in total. The average Bonchev–Trinajstić information content (AvgIpc) is 3.26. The van der Waals surface area contributed by atoms with E-state index in [0.717, 1.165) is 23.7 Å². The Labute approximate surface area is 170 Å². The number of piperidine rings is 1. The normalized spacial score (nSPS) is 24.1. The minimum Gasteiger partial charge on any atom is -0.338 e. The summed E-state index contributed by atoms with van der Waals surface area (Å²) in [5, 5.41) is 0.717. The van der Waals surface area contributed by atoms with Gasteiger partial charge in [0, 0.05) is 23.8 Å². The third kappa shape index (κ3) is 3.15. The van der Waals surface area contributed by atoms with Gasteiger partial charge >= 0.3 is 0 Å². The Balaban J connectivity index is 1.35. The molecule has 3 aromatic rings. The van der Waals surface area contributed by atoms with Crippen LogP contribution in [0, 0.1) is 0 Å². The van der Waals surface area contributed by atoms with Crippen LogP contribution < -0.4 is 0 Å². The van der Waals surface area contributed by atoms with Gasteiger partial charge in [0.1, 0.15) is 6.54 Å². The van der Waals surface area contributed by atoms with Gasteiger partial charge in [-0.25, -0.2) is 8.42 Å². The first kappa shape index (κ1) is 18.4. The lowest BCUT2D eigenvalue weighted by atomic mass is 10.0. The topological polar surface area (TPSA) is 59.4 Å². The predicted molar refractivity (Wildman–Crippen MR) is 112 cm³/mol. The number of para-hydroxylation sites is 1. The van der Waals surface area contributed by atoms with Crippen molar-refractivity contribution in [1.29, 1.82) is 0 Å². The van der Waals surface area contributed by atoms with E-state index in [1.165, 1.54) is 0 Å². The minimum absolute atomic E-state index is 0.0200. The summed E-state index contributed by atoms with van der Waals surface area (Å²) in [6, 6.07) is 18.8. The fraction of sp³-hybridized carbons (Fsp3) is 0.348. The SMILES string of the molecule is O=C(Cn1ccc2ccccc21)N1[C@H]2CC[C@H]1CC(S(=O)(=O)c1ccccc1)C2. The third-order valence-electron chi connectivity index (χ3n) is 6.47. The van der Waals surface area contributed by atoms with Gasteiger partial charge in [-0.2, -0.15) is 0 Å². The van der Waals surface area contributed by atoms with Gasteiger partial charge in [0.2, 0.25) is 5.91 Å². The summed E-state index contributed by atoms with van der Waals surface area (Å²) in [7, 11) is -3.36. The van der Waals surface area contributed by atoms with E-state index in [0.29, 0.717) is 24.3 Å². The second kappa shape index (κ2) is 7.02. The molecule has 0 saturated carbocycles. The predicted octanol–water partition coefficient (Wildman–Crippen LogP) is 3.64. The molecule has 0 aliphatic carbocycles. The molecular weight excluding hydrogens is 384 g/mol. The highest BCUT2D eigenvalue weighted by atomic mass is 32.2. The van der Waals surface area contributed by atoms with Crippen molar-refractivity contribution in [3.63, 3.8) is 0 Å². The van der Waals surface area contributed by atoms with E-state index in [1.807, 2.05) is 52.1 Å². The number of hydrogen-bond acceptors (Lipinski definition) is 3. The molecule has 2 saturated heterocycles. The maximum absolute atomic E-state index is 13.2. The molecular formula is C23H24N2O3S. The van der Waals surface area contributed by atoms with Crippen LogP contribution in [-0.2, 0) is 21.2 Å². The van der Waals surface area contributed by atoms with Crippen molar-refractivity contribution in [2.75, 3.05) is 0 Å². The van der Waals surface area contributed by atoms with Gasteiger partial charge in [-0.3, -0.25) is 4.79 Å². The number of carbonyl (C=O) groups is 1. The summed E-state index contributed by atoms with van der Waals surface area (Å²) in [6.45, 7) is 0.302. The maximum Gasteiger partial charge on any atom is 0.243 e. The Kier molecular flexibility index (Phi) is 4.46. The molecule has 0 radical (unpaired) electrons. The van der Waals surface area contributed by atoms with Crippen LogP contribution >= 0.6 is 0 Å². The lowest BCUT2D eigenvalue weighted by Gasteiger charge is -2.38. The Morgan fingerprint density at radius 1 is 0.897 bits per heavy atom. The van der Waals surface area contributed by atoms with Crippen LogP contribution in [0.5, 0.6) is 0 Å². The van der Waals surface area contributed by atoms with E-state index in [-0.39, 0.29) is 18.0 Å². The smallest absolute Gasteiger partial charge is 0.243 e. The number of amides is 1. The summed E-state index contributed by atoms with van der Waals surface area (Å²) in [5.41, 5.74) is 1.05. The first-order chi connectivity index (χ1) is 14.0. The number of benzene rings is 2. The van der Waals surface area contributed by atoms with E-state index in [1.54, 1.807) is 24.3 Å². The largest absolute Gasteiger partial charge is 0.338 e. The average molecular weight is 409 g/mol. The Bertz CT molecular complexity index is 1140. The van der Waals surface area contributed by atoms with Crippen LogP contribution in [0.15, 0.2) is 71.8 Å².